The molecule has 0 saturated carbocycles. The summed E-state index contributed by atoms with van der Waals surface area (Å²) in [6.45, 7) is 8.52. The number of aryl methyl sites for hydroxylation is 1. The van der Waals surface area contributed by atoms with E-state index in [1.165, 1.54) is 5.56 Å². The minimum absolute atomic E-state index is 0.0252. The van der Waals surface area contributed by atoms with Gasteiger partial charge in [0.1, 0.15) is 12.0 Å². The van der Waals surface area contributed by atoms with Crippen molar-refractivity contribution in [1.82, 2.24) is 15.0 Å². The Bertz CT molecular complexity index is 1180. The van der Waals surface area contributed by atoms with Crippen LogP contribution in [0.4, 0.5) is 5.69 Å². The molecule has 2 heterocycles. The molecule has 0 atom stereocenters. The first-order chi connectivity index (χ1) is 14.3. The zero-order valence-corrected chi connectivity index (χ0v) is 17.8. The average molecular weight is 399 g/mol. The Hall–Kier alpha value is -3.47. The number of rotatable bonds is 4. The SMILES string of the molecule is Cc1ncnc2[nH]c(-c3ccc(NC(=O)Cc4ccc(C(C)(C)C)cc4)cc3)cc12. The minimum atomic E-state index is -0.0252. The number of aromatic amines is 1. The normalized spacial score (nSPS) is 11.6. The Kier molecular flexibility index (Phi) is 5.12. The van der Waals surface area contributed by atoms with E-state index in [1.54, 1.807) is 6.33 Å². The first kappa shape index (κ1) is 19.8. The van der Waals surface area contributed by atoms with Crippen LogP contribution in [0.2, 0.25) is 0 Å². The molecular weight excluding hydrogens is 372 g/mol. The lowest BCUT2D eigenvalue weighted by atomic mass is 9.86. The van der Waals surface area contributed by atoms with Crippen molar-refractivity contribution in [2.75, 3.05) is 5.32 Å². The van der Waals surface area contributed by atoms with Gasteiger partial charge in [0.25, 0.3) is 0 Å². The molecule has 0 radical (unpaired) electrons. The molecule has 5 heteroatoms. The molecule has 4 rings (SSSR count). The zero-order valence-electron chi connectivity index (χ0n) is 17.8. The second kappa shape index (κ2) is 7.75. The van der Waals surface area contributed by atoms with Crippen molar-refractivity contribution in [2.24, 2.45) is 0 Å². The molecule has 2 aromatic heterocycles. The summed E-state index contributed by atoms with van der Waals surface area (Å²) >= 11 is 0. The molecule has 0 saturated heterocycles. The fourth-order valence-electron chi connectivity index (χ4n) is 3.47. The number of anilines is 1. The van der Waals surface area contributed by atoms with Gasteiger partial charge < -0.3 is 10.3 Å². The van der Waals surface area contributed by atoms with Gasteiger partial charge in [0.05, 0.1) is 12.1 Å². The summed E-state index contributed by atoms with van der Waals surface area (Å²) in [5.41, 5.74) is 6.94. The van der Waals surface area contributed by atoms with Crippen LogP contribution in [0.15, 0.2) is 60.9 Å². The number of hydrogen-bond donors (Lipinski definition) is 2. The summed E-state index contributed by atoms with van der Waals surface area (Å²) < 4.78 is 0. The summed E-state index contributed by atoms with van der Waals surface area (Å²) in [6.07, 6.45) is 1.92. The number of nitrogens with zero attached hydrogens (tertiary/aromatic N) is 2. The van der Waals surface area contributed by atoms with Crippen LogP contribution in [0.3, 0.4) is 0 Å². The van der Waals surface area contributed by atoms with E-state index >= 15 is 0 Å². The molecule has 0 aliphatic heterocycles. The molecule has 0 aliphatic rings. The smallest absolute Gasteiger partial charge is 0.228 e. The van der Waals surface area contributed by atoms with Gasteiger partial charge in [0.2, 0.25) is 5.91 Å². The van der Waals surface area contributed by atoms with Gasteiger partial charge in [-0.15, -0.1) is 0 Å². The van der Waals surface area contributed by atoms with E-state index in [-0.39, 0.29) is 11.3 Å². The van der Waals surface area contributed by atoms with Crippen LogP contribution in [-0.4, -0.2) is 20.9 Å². The first-order valence-corrected chi connectivity index (χ1v) is 10.1. The van der Waals surface area contributed by atoms with Gasteiger partial charge in [-0.2, -0.15) is 0 Å². The van der Waals surface area contributed by atoms with Crippen LogP contribution >= 0.6 is 0 Å². The minimum Gasteiger partial charge on any atom is -0.339 e. The molecule has 0 unspecified atom stereocenters. The second-order valence-electron chi connectivity index (χ2n) is 8.65. The lowest BCUT2D eigenvalue weighted by Gasteiger charge is -2.19. The van der Waals surface area contributed by atoms with Crippen molar-refractivity contribution in [1.29, 1.82) is 0 Å². The molecule has 4 aromatic rings. The molecule has 0 spiro atoms. The summed E-state index contributed by atoms with van der Waals surface area (Å²) in [5.74, 6) is -0.0252. The molecule has 30 heavy (non-hydrogen) atoms. The third-order valence-electron chi connectivity index (χ3n) is 5.29. The van der Waals surface area contributed by atoms with Crippen LogP contribution in [0.1, 0.15) is 37.6 Å². The number of amides is 1. The Morgan fingerprint density at radius 2 is 1.70 bits per heavy atom. The number of H-pyrrole nitrogens is 1. The molecule has 0 aliphatic carbocycles. The predicted octanol–water partition coefficient (Wildman–Crippen LogP) is 5.41. The van der Waals surface area contributed by atoms with E-state index in [1.807, 2.05) is 43.3 Å². The molecule has 152 valence electrons. The molecule has 0 fully saturated rings. The molecular formula is C25H26N4O. The topological polar surface area (TPSA) is 70.7 Å². The second-order valence-corrected chi connectivity index (χ2v) is 8.65. The van der Waals surface area contributed by atoms with Crippen LogP contribution < -0.4 is 5.32 Å². The van der Waals surface area contributed by atoms with E-state index in [0.29, 0.717) is 6.42 Å². The van der Waals surface area contributed by atoms with Crippen molar-refractivity contribution >= 4 is 22.6 Å². The Labute approximate surface area is 176 Å². The molecule has 2 N–H and O–H groups in total. The van der Waals surface area contributed by atoms with Crippen LogP contribution in [-0.2, 0) is 16.6 Å². The quantitative estimate of drug-likeness (QED) is 0.483. The van der Waals surface area contributed by atoms with Gasteiger partial charge in [0, 0.05) is 16.8 Å². The van der Waals surface area contributed by atoms with Crippen LogP contribution in [0, 0.1) is 6.92 Å². The molecule has 1 amide bonds. The van der Waals surface area contributed by atoms with Gasteiger partial charge in [-0.25, -0.2) is 9.97 Å². The van der Waals surface area contributed by atoms with E-state index in [2.05, 4.69) is 59.2 Å². The van der Waals surface area contributed by atoms with E-state index < -0.39 is 0 Å². The Balaban J connectivity index is 1.42. The maximum atomic E-state index is 12.4. The number of carbonyl (C=O) groups is 1. The number of nitrogens with one attached hydrogen (secondary N) is 2. The lowest BCUT2D eigenvalue weighted by molar-refractivity contribution is -0.115. The maximum Gasteiger partial charge on any atom is 0.228 e. The number of aromatic nitrogens is 3. The third-order valence-corrected chi connectivity index (χ3v) is 5.29. The number of benzene rings is 2. The van der Waals surface area contributed by atoms with Crippen LogP contribution in [0.5, 0.6) is 0 Å². The predicted molar refractivity (Wildman–Crippen MR) is 122 cm³/mol. The van der Waals surface area contributed by atoms with Gasteiger partial charge >= 0.3 is 0 Å². The third kappa shape index (κ3) is 4.25. The first-order valence-electron chi connectivity index (χ1n) is 10.1. The summed E-state index contributed by atoms with van der Waals surface area (Å²) in [7, 11) is 0. The van der Waals surface area contributed by atoms with E-state index in [9.17, 15) is 4.79 Å². The molecule has 5 nitrogen and oxygen atoms in total. The summed E-state index contributed by atoms with van der Waals surface area (Å²) in [6, 6.07) is 18.1. The summed E-state index contributed by atoms with van der Waals surface area (Å²) in [5, 5.41) is 3.99. The van der Waals surface area contributed by atoms with Crippen molar-refractivity contribution < 1.29 is 4.79 Å². The Morgan fingerprint density at radius 3 is 2.33 bits per heavy atom. The lowest BCUT2D eigenvalue weighted by Crippen LogP contribution is -2.15. The maximum absolute atomic E-state index is 12.4. The van der Waals surface area contributed by atoms with Crippen molar-refractivity contribution in [2.45, 2.75) is 39.5 Å². The summed E-state index contributed by atoms with van der Waals surface area (Å²) in [4.78, 5) is 24.3. The van der Waals surface area contributed by atoms with E-state index in [0.717, 1.165) is 39.2 Å². The van der Waals surface area contributed by atoms with Gasteiger partial charge in [-0.05, 0) is 47.2 Å². The number of carbonyl (C=O) groups excluding carboxylic acids is 1. The van der Waals surface area contributed by atoms with Crippen molar-refractivity contribution in [3.8, 4) is 11.3 Å². The highest BCUT2D eigenvalue weighted by molar-refractivity contribution is 5.92. The number of hydrogen-bond acceptors (Lipinski definition) is 3. The highest BCUT2D eigenvalue weighted by Gasteiger charge is 2.13. The monoisotopic (exact) mass is 398 g/mol. The van der Waals surface area contributed by atoms with Crippen molar-refractivity contribution in [3.63, 3.8) is 0 Å². The fraction of sp³-hybridized carbons (Fsp3) is 0.240. The zero-order chi connectivity index (χ0) is 21.3. The van der Waals surface area contributed by atoms with Gasteiger partial charge in [-0.3, -0.25) is 4.79 Å². The largest absolute Gasteiger partial charge is 0.339 e. The molecule has 0 bridgehead atoms. The highest BCUT2D eigenvalue weighted by Crippen LogP contribution is 2.26. The van der Waals surface area contributed by atoms with Crippen LogP contribution in [0.25, 0.3) is 22.3 Å². The van der Waals surface area contributed by atoms with E-state index in [4.69, 9.17) is 0 Å². The standard InChI is InChI=1S/C25H26N4O/c1-16-21-14-22(29-24(21)27-15-26-16)18-7-11-20(12-8-18)28-23(30)13-17-5-9-19(10-6-17)25(2,3)4/h5-12,14-15H,13H2,1-4H3,(H,28,30)(H,26,27,29). The van der Waals surface area contributed by atoms with Crippen molar-refractivity contribution in [3.05, 3.63) is 77.7 Å². The number of fused-ring (bicyclic) bond motifs is 1. The Morgan fingerprint density at radius 1 is 1.00 bits per heavy atom. The molecule has 2 aromatic carbocycles. The van der Waals surface area contributed by atoms with Gasteiger partial charge in [-0.1, -0.05) is 57.2 Å². The van der Waals surface area contributed by atoms with Gasteiger partial charge in [0.15, 0.2) is 0 Å². The highest BCUT2D eigenvalue weighted by atomic mass is 16.1. The fourth-order valence-corrected chi connectivity index (χ4v) is 3.47. The average Bonchev–Trinajstić information content (AvgIpc) is 3.14.